The van der Waals surface area contributed by atoms with Crippen molar-refractivity contribution >= 4 is 22.8 Å². The van der Waals surface area contributed by atoms with Crippen LogP contribution in [0.5, 0.6) is 11.9 Å². The minimum Gasteiger partial charge on any atom is -0.472 e. The number of ether oxygens (including phenoxy) is 4. The molecule has 2 aliphatic heterocycles. The summed E-state index contributed by atoms with van der Waals surface area (Å²) < 4.78 is 22.9. The summed E-state index contributed by atoms with van der Waals surface area (Å²) in [7, 11) is 0. The molecule has 2 aromatic heterocycles. The van der Waals surface area contributed by atoms with E-state index >= 15 is 0 Å². The van der Waals surface area contributed by atoms with Crippen LogP contribution in [0.15, 0.2) is 30.3 Å². The maximum absolute atomic E-state index is 10.2. The summed E-state index contributed by atoms with van der Waals surface area (Å²) >= 11 is 6.35. The van der Waals surface area contributed by atoms with E-state index in [1.54, 1.807) is 6.07 Å². The molecule has 1 aliphatic carbocycles. The number of aliphatic hydroxyl groups is 2. The van der Waals surface area contributed by atoms with E-state index in [-0.39, 0.29) is 43.4 Å². The normalized spacial score (nSPS) is 28.1. The Morgan fingerprint density at radius 1 is 1.12 bits per heavy atom. The van der Waals surface area contributed by atoms with Gasteiger partial charge in [0.25, 0.3) is 6.01 Å². The Bertz CT molecular complexity index is 1150. The highest BCUT2D eigenvalue weighted by molar-refractivity contribution is 6.32. The van der Waals surface area contributed by atoms with E-state index in [1.165, 1.54) is 0 Å². The quantitative estimate of drug-likeness (QED) is 0.512. The molecule has 6 rings (SSSR count). The molecule has 3 aromatic rings. The number of aromatic nitrogens is 3. The first-order valence-corrected chi connectivity index (χ1v) is 11.0. The topological polar surface area (TPSA) is 119 Å². The molecule has 0 spiro atoms. The molecule has 168 valence electrons. The lowest BCUT2D eigenvalue weighted by Crippen LogP contribution is -2.34. The van der Waals surface area contributed by atoms with Crippen molar-refractivity contribution in [3.8, 4) is 11.9 Å². The lowest BCUT2D eigenvalue weighted by molar-refractivity contribution is 0.00706. The smallest absolute Gasteiger partial charge is 0.296 e. The van der Waals surface area contributed by atoms with Crippen LogP contribution in [-0.2, 0) is 21.7 Å². The molecule has 3 N–H and O–H groups in total. The van der Waals surface area contributed by atoms with Gasteiger partial charge in [-0.25, -0.2) is 0 Å². The Morgan fingerprint density at radius 3 is 2.69 bits per heavy atom. The second kappa shape index (κ2) is 7.57. The van der Waals surface area contributed by atoms with Gasteiger partial charge in [-0.2, -0.15) is 9.97 Å². The Hall–Kier alpha value is -2.43. The van der Waals surface area contributed by atoms with Gasteiger partial charge in [-0.1, -0.05) is 35.9 Å². The molecule has 1 aromatic carbocycles. The second-order valence-corrected chi connectivity index (χ2v) is 8.93. The summed E-state index contributed by atoms with van der Waals surface area (Å²) in [6.07, 6.45) is -0.109. The fourth-order valence-corrected chi connectivity index (χ4v) is 4.40. The molecule has 0 amide bonds. The van der Waals surface area contributed by atoms with Crippen molar-refractivity contribution in [2.24, 2.45) is 0 Å². The van der Waals surface area contributed by atoms with E-state index in [2.05, 4.69) is 15.0 Å². The fraction of sp³-hybridized carbons (Fsp3) is 0.455. The van der Waals surface area contributed by atoms with Crippen LogP contribution in [0, 0.1) is 0 Å². The SMILES string of the molecule is O[C@@H]1COC2C1OC[C@H]2Oc1nc2nc(OCc3ccc(C4(O)CC4)cc3)c(Cl)cc2[nH]1. The third kappa shape index (κ3) is 3.60. The van der Waals surface area contributed by atoms with Crippen LogP contribution >= 0.6 is 11.6 Å². The molecule has 32 heavy (non-hydrogen) atoms. The maximum atomic E-state index is 10.2. The van der Waals surface area contributed by atoms with Crippen molar-refractivity contribution in [3.05, 3.63) is 46.5 Å². The van der Waals surface area contributed by atoms with Gasteiger partial charge >= 0.3 is 0 Å². The molecule has 9 nitrogen and oxygen atoms in total. The summed E-state index contributed by atoms with van der Waals surface area (Å²) in [6, 6.07) is 9.66. The van der Waals surface area contributed by atoms with Crippen LogP contribution < -0.4 is 9.47 Å². The Morgan fingerprint density at radius 2 is 1.91 bits per heavy atom. The van der Waals surface area contributed by atoms with Crippen molar-refractivity contribution in [1.82, 2.24) is 15.0 Å². The second-order valence-electron chi connectivity index (χ2n) is 8.53. The first-order valence-electron chi connectivity index (χ1n) is 10.6. The van der Waals surface area contributed by atoms with E-state index in [1.807, 2.05) is 24.3 Å². The van der Waals surface area contributed by atoms with Crippen LogP contribution in [0.3, 0.4) is 0 Å². The monoisotopic (exact) mass is 459 g/mol. The predicted molar refractivity (Wildman–Crippen MR) is 113 cm³/mol. The number of nitrogens with one attached hydrogen (secondary N) is 1. The molecule has 0 bridgehead atoms. The fourth-order valence-electron chi connectivity index (χ4n) is 4.19. The number of hydrogen-bond donors (Lipinski definition) is 3. The van der Waals surface area contributed by atoms with Gasteiger partial charge in [-0.05, 0) is 30.0 Å². The number of nitrogens with zero attached hydrogens (tertiary/aromatic N) is 2. The first kappa shape index (κ1) is 20.2. The molecule has 0 radical (unpaired) electrons. The minimum absolute atomic E-state index is 0.233. The number of aromatic amines is 1. The average molecular weight is 460 g/mol. The minimum atomic E-state index is -0.649. The van der Waals surface area contributed by atoms with Crippen LogP contribution in [0.1, 0.15) is 24.0 Å². The summed E-state index contributed by atoms with van der Waals surface area (Å²) in [5.41, 5.74) is 2.25. The molecule has 4 atom stereocenters. The number of halogens is 1. The summed E-state index contributed by atoms with van der Waals surface area (Å²) in [6.45, 7) is 0.825. The van der Waals surface area contributed by atoms with Gasteiger partial charge in [0.2, 0.25) is 5.88 Å². The summed E-state index contributed by atoms with van der Waals surface area (Å²) in [4.78, 5) is 11.8. The van der Waals surface area contributed by atoms with Crippen LogP contribution in [0.2, 0.25) is 5.02 Å². The van der Waals surface area contributed by atoms with Crippen molar-refractivity contribution in [3.63, 3.8) is 0 Å². The van der Waals surface area contributed by atoms with E-state index < -0.39 is 11.7 Å². The van der Waals surface area contributed by atoms with Crippen molar-refractivity contribution in [1.29, 1.82) is 0 Å². The first-order chi connectivity index (χ1) is 15.5. The summed E-state index contributed by atoms with van der Waals surface area (Å²) in [5, 5.41) is 20.4. The average Bonchev–Trinajstić information content (AvgIpc) is 3.10. The van der Waals surface area contributed by atoms with Crippen LogP contribution in [0.25, 0.3) is 11.2 Å². The lowest BCUT2D eigenvalue weighted by atomic mass is 10.1. The van der Waals surface area contributed by atoms with Crippen LogP contribution in [0.4, 0.5) is 0 Å². The maximum Gasteiger partial charge on any atom is 0.296 e. The molecule has 3 fully saturated rings. The van der Waals surface area contributed by atoms with E-state index in [9.17, 15) is 10.2 Å². The molecule has 2 unspecified atom stereocenters. The highest BCUT2D eigenvalue weighted by Gasteiger charge is 2.48. The number of aliphatic hydroxyl groups excluding tert-OH is 1. The number of fused-ring (bicyclic) bond motifs is 2. The van der Waals surface area contributed by atoms with Gasteiger partial charge in [0, 0.05) is 0 Å². The molecule has 10 heteroatoms. The zero-order valence-corrected chi connectivity index (χ0v) is 17.8. The van der Waals surface area contributed by atoms with Gasteiger partial charge in [-0.15, -0.1) is 0 Å². The van der Waals surface area contributed by atoms with E-state index in [0.29, 0.717) is 22.8 Å². The molecule has 4 heterocycles. The van der Waals surface area contributed by atoms with E-state index in [0.717, 1.165) is 24.0 Å². The number of H-pyrrole nitrogens is 1. The summed E-state index contributed by atoms with van der Waals surface area (Å²) in [5.74, 6) is 0.272. The molecular weight excluding hydrogens is 438 g/mol. The van der Waals surface area contributed by atoms with Gasteiger partial charge in [0.05, 0.1) is 24.3 Å². The largest absolute Gasteiger partial charge is 0.472 e. The number of imidazole rings is 1. The van der Waals surface area contributed by atoms with Crippen molar-refractivity contribution < 1.29 is 29.2 Å². The number of pyridine rings is 1. The number of rotatable bonds is 6. The van der Waals surface area contributed by atoms with Crippen LogP contribution in [-0.4, -0.2) is 62.8 Å². The van der Waals surface area contributed by atoms with Gasteiger partial charge in [0.15, 0.2) is 11.8 Å². The highest BCUT2D eigenvalue weighted by Crippen LogP contribution is 2.45. The zero-order valence-electron chi connectivity index (χ0n) is 17.0. The predicted octanol–water partition coefficient (Wildman–Crippen LogP) is 2.08. The third-order valence-corrected chi connectivity index (χ3v) is 6.48. The number of benzene rings is 1. The standard InChI is InChI=1S/C22H22ClN3O6/c23-13-7-14-19(26-21(24-14)32-16-10-30-17-15(27)9-29-18(16)17)25-20(13)31-8-11-1-3-12(4-2-11)22(28)5-6-22/h1-4,7,15-18,27-28H,5-6,8-10H2,(H,24,25,26)/t15-,16-,17?,18?/m1/s1. The third-order valence-electron chi connectivity index (χ3n) is 6.21. The molecular formula is C22H22ClN3O6. The highest BCUT2D eigenvalue weighted by atomic mass is 35.5. The molecule has 1 saturated carbocycles. The Balaban J connectivity index is 1.14. The van der Waals surface area contributed by atoms with Crippen molar-refractivity contribution in [2.45, 2.75) is 49.5 Å². The lowest BCUT2D eigenvalue weighted by Gasteiger charge is -2.15. The number of hydrogen-bond acceptors (Lipinski definition) is 8. The van der Waals surface area contributed by atoms with E-state index in [4.69, 9.17) is 30.5 Å². The Labute approximate surface area is 188 Å². The molecule has 3 aliphatic rings. The Kier molecular flexibility index (Phi) is 4.78. The van der Waals surface area contributed by atoms with Gasteiger partial charge < -0.3 is 34.1 Å². The van der Waals surface area contributed by atoms with Gasteiger partial charge in [0.1, 0.15) is 29.9 Å². The molecule has 2 saturated heterocycles. The van der Waals surface area contributed by atoms with Crippen molar-refractivity contribution in [2.75, 3.05) is 13.2 Å². The van der Waals surface area contributed by atoms with Gasteiger partial charge in [-0.3, -0.25) is 0 Å². The zero-order chi connectivity index (χ0) is 21.9.